The molecule has 31 heavy (non-hydrogen) atoms. The number of aldehydes is 1. The summed E-state index contributed by atoms with van der Waals surface area (Å²) >= 11 is 5.91. The number of hydrogen-bond acceptors (Lipinski definition) is 6. The summed E-state index contributed by atoms with van der Waals surface area (Å²) in [4.78, 5) is 20.5. The molecule has 0 amide bonds. The summed E-state index contributed by atoms with van der Waals surface area (Å²) in [7, 11) is 0. The maximum absolute atomic E-state index is 13.0. The van der Waals surface area contributed by atoms with Gasteiger partial charge in [-0.15, -0.1) is 13.2 Å². The average molecular weight is 455 g/mol. The second-order valence-electron chi connectivity index (χ2n) is 7.33. The van der Waals surface area contributed by atoms with Gasteiger partial charge in [-0.1, -0.05) is 22.8 Å². The van der Waals surface area contributed by atoms with Crippen LogP contribution in [-0.2, 0) is 0 Å². The van der Waals surface area contributed by atoms with Gasteiger partial charge in [0.1, 0.15) is 5.69 Å². The fourth-order valence-electron chi connectivity index (χ4n) is 3.74. The average Bonchev–Trinajstić information content (AvgIpc) is 3.37. The normalized spacial score (nSPS) is 19.5. The molecule has 2 atom stereocenters. The number of nitrogens with one attached hydrogen (secondary N) is 1. The van der Waals surface area contributed by atoms with E-state index in [9.17, 15) is 18.0 Å². The molecule has 0 spiro atoms. The molecule has 0 unspecified atom stereocenters. The number of aromatic nitrogens is 3. The number of halogens is 4. The highest BCUT2D eigenvalue weighted by Crippen LogP contribution is 2.40. The van der Waals surface area contributed by atoms with Gasteiger partial charge in [0.15, 0.2) is 17.9 Å². The summed E-state index contributed by atoms with van der Waals surface area (Å²) in [6.07, 6.45) is -1.58. The number of rotatable bonds is 5. The number of ether oxygens (including phenoxy) is 1. The lowest BCUT2D eigenvalue weighted by Crippen LogP contribution is -2.41. The van der Waals surface area contributed by atoms with Gasteiger partial charge < -0.3 is 19.1 Å². The number of para-hydroxylation sites is 1. The van der Waals surface area contributed by atoms with Crippen molar-refractivity contribution in [3.8, 4) is 17.3 Å². The molecule has 164 valence electrons. The third-order valence-electron chi connectivity index (χ3n) is 5.25. The van der Waals surface area contributed by atoms with Crippen LogP contribution in [0.4, 0.5) is 18.9 Å². The zero-order valence-corrected chi connectivity index (χ0v) is 17.1. The van der Waals surface area contributed by atoms with Gasteiger partial charge in [-0.05, 0) is 38.0 Å². The minimum absolute atomic E-state index is 0.0812. The molecule has 1 N–H and O–H groups in total. The summed E-state index contributed by atoms with van der Waals surface area (Å²) in [5, 5.41) is 4.55. The Balaban J connectivity index is 1.63. The van der Waals surface area contributed by atoms with Gasteiger partial charge in [-0.2, -0.15) is 4.98 Å². The molecule has 1 aliphatic heterocycles. The largest absolute Gasteiger partial charge is 0.573 e. The van der Waals surface area contributed by atoms with Gasteiger partial charge in [-0.3, -0.25) is 4.79 Å². The second-order valence-corrected chi connectivity index (χ2v) is 7.76. The van der Waals surface area contributed by atoms with Gasteiger partial charge in [0.05, 0.1) is 16.3 Å². The maximum Gasteiger partial charge on any atom is 0.573 e. The van der Waals surface area contributed by atoms with E-state index in [0.717, 1.165) is 6.42 Å². The van der Waals surface area contributed by atoms with Crippen molar-refractivity contribution in [2.24, 2.45) is 0 Å². The highest BCUT2D eigenvalue weighted by molar-refractivity contribution is 6.30. The van der Waals surface area contributed by atoms with Crippen LogP contribution >= 0.6 is 11.6 Å². The molecular weight excluding hydrogens is 437 g/mol. The molecule has 1 aliphatic rings. The molecule has 1 aromatic carbocycles. The summed E-state index contributed by atoms with van der Waals surface area (Å²) in [5.74, 6) is 0.0312. The van der Waals surface area contributed by atoms with E-state index in [2.05, 4.69) is 19.9 Å². The minimum atomic E-state index is -4.92. The van der Waals surface area contributed by atoms with Gasteiger partial charge in [0.2, 0.25) is 0 Å². The molecule has 4 rings (SSSR count). The van der Waals surface area contributed by atoms with E-state index in [0.29, 0.717) is 35.8 Å². The monoisotopic (exact) mass is 454 g/mol. The van der Waals surface area contributed by atoms with Crippen LogP contribution in [0.25, 0.3) is 11.6 Å². The van der Waals surface area contributed by atoms with Crippen molar-refractivity contribution < 1.29 is 27.2 Å². The Kier molecular flexibility index (Phi) is 5.65. The first-order valence-corrected chi connectivity index (χ1v) is 9.91. The number of carbonyl (C=O) groups excluding carboxylic acids is 1. The van der Waals surface area contributed by atoms with Gasteiger partial charge in [-0.25, -0.2) is 0 Å². The SMILES string of the molecule is C[C@@H]1CC[C@H](c2noc(-c3cc(Cl)c[nH]3)n2)CN1c1cccc(C=O)c1OC(F)(F)F. The van der Waals surface area contributed by atoms with Crippen LogP contribution in [0, 0.1) is 0 Å². The molecule has 3 heterocycles. The number of piperidine rings is 1. The van der Waals surface area contributed by atoms with Crippen LogP contribution in [0.1, 0.15) is 41.9 Å². The number of carbonyl (C=O) groups is 1. The van der Waals surface area contributed by atoms with Gasteiger partial charge in [0.25, 0.3) is 5.89 Å². The molecule has 3 aromatic rings. The number of nitrogens with zero attached hydrogens (tertiary/aromatic N) is 3. The van der Waals surface area contributed by atoms with Crippen molar-refractivity contribution in [2.75, 3.05) is 11.4 Å². The van der Waals surface area contributed by atoms with Crippen LogP contribution in [0.2, 0.25) is 5.02 Å². The number of benzene rings is 1. The van der Waals surface area contributed by atoms with E-state index >= 15 is 0 Å². The number of hydrogen-bond donors (Lipinski definition) is 1. The van der Waals surface area contributed by atoms with Gasteiger partial charge >= 0.3 is 6.36 Å². The zero-order chi connectivity index (χ0) is 22.2. The Morgan fingerprint density at radius 3 is 2.84 bits per heavy atom. The van der Waals surface area contributed by atoms with Crippen LogP contribution in [0.15, 0.2) is 35.0 Å². The van der Waals surface area contributed by atoms with E-state index in [-0.39, 0.29) is 29.1 Å². The zero-order valence-electron chi connectivity index (χ0n) is 16.3. The summed E-state index contributed by atoms with van der Waals surface area (Å²) in [6.45, 7) is 2.24. The van der Waals surface area contributed by atoms with Crippen molar-refractivity contribution in [1.82, 2.24) is 15.1 Å². The number of anilines is 1. The molecule has 7 nitrogen and oxygen atoms in total. The first kappa shape index (κ1) is 21.2. The quantitative estimate of drug-likeness (QED) is 0.533. The van der Waals surface area contributed by atoms with Gasteiger partial charge in [0, 0.05) is 24.7 Å². The molecule has 0 saturated carbocycles. The Morgan fingerprint density at radius 2 is 2.16 bits per heavy atom. The second kappa shape index (κ2) is 8.26. The predicted octanol–water partition coefficient (Wildman–Crippen LogP) is 5.20. The lowest BCUT2D eigenvalue weighted by Gasteiger charge is -2.39. The topological polar surface area (TPSA) is 84.3 Å². The Hall–Kier alpha value is -3.01. The summed E-state index contributed by atoms with van der Waals surface area (Å²) in [6, 6.07) is 5.90. The molecule has 11 heteroatoms. The lowest BCUT2D eigenvalue weighted by atomic mass is 9.92. The van der Waals surface area contributed by atoms with Crippen molar-refractivity contribution in [3.05, 3.63) is 46.9 Å². The summed E-state index contributed by atoms with van der Waals surface area (Å²) < 4.78 is 48.6. The lowest BCUT2D eigenvalue weighted by molar-refractivity contribution is -0.274. The third-order valence-corrected chi connectivity index (χ3v) is 5.46. The van der Waals surface area contributed by atoms with Crippen LogP contribution in [-0.4, -0.2) is 40.4 Å². The number of aromatic amines is 1. The van der Waals surface area contributed by atoms with E-state index in [1.807, 2.05) is 6.92 Å². The molecule has 0 bridgehead atoms. The number of H-pyrrole nitrogens is 1. The standard InChI is InChI=1S/C20H18ClF3N4O3/c1-11-5-6-12(18-26-19(31-27-18)15-7-14(21)8-25-15)9-28(11)16-4-2-3-13(10-29)17(16)30-20(22,23)24/h2-4,7-8,10-12,25H,5-6,9H2,1H3/t11-,12+/m1/s1. The minimum Gasteiger partial charge on any atom is -0.403 e. The van der Waals surface area contributed by atoms with Crippen molar-refractivity contribution in [1.29, 1.82) is 0 Å². The van der Waals surface area contributed by atoms with E-state index in [4.69, 9.17) is 16.1 Å². The molecule has 2 aromatic heterocycles. The maximum atomic E-state index is 13.0. The van der Waals surface area contributed by atoms with Crippen molar-refractivity contribution >= 4 is 23.6 Å². The van der Waals surface area contributed by atoms with Crippen molar-refractivity contribution in [2.45, 2.75) is 38.1 Å². The van der Waals surface area contributed by atoms with Crippen molar-refractivity contribution in [3.63, 3.8) is 0 Å². The fraction of sp³-hybridized carbons (Fsp3) is 0.350. The van der Waals surface area contributed by atoms with Crippen LogP contribution < -0.4 is 9.64 Å². The molecule has 1 fully saturated rings. The Morgan fingerprint density at radius 1 is 1.35 bits per heavy atom. The number of alkyl halides is 3. The summed E-state index contributed by atoms with van der Waals surface area (Å²) in [5.41, 5.74) is 0.595. The Bertz CT molecular complexity index is 1080. The van der Waals surface area contributed by atoms with E-state index in [1.165, 1.54) is 18.2 Å². The first-order chi connectivity index (χ1) is 14.7. The smallest absolute Gasteiger partial charge is 0.403 e. The molecular formula is C20H18ClF3N4O3. The van der Waals surface area contributed by atoms with Crippen LogP contribution in [0.3, 0.4) is 0 Å². The van der Waals surface area contributed by atoms with E-state index < -0.39 is 12.1 Å². The fourth-order valence-corrected chi connectivity index (χ4v) is 3.91. The molecule has 0 radical (unpaired) electrons. The highest BCUT2D eigenvalue weighted by atomic mass is 35.5. The Labute approximate surface area is 180 Å². The highest BCUT2D eigenvalue weighted by Gasteiger charge is 2.36. The predicted molar refractivity (Wildman–Crippen MR) is 106 cm³/mol. The van der Waals surface area contributed by atoms with Crippen LogP contribution in [0.5, 0.6) is 5.75 Å². The molecule has 1 saturated heterocycles. The first-order valence-electron chi connectivity index (χ1n) is 9.53. The molecule has 0 aliphatic carbocycles. The van der Waals surface area contributed by atoms with E-state index in [1.54, 1.807) is 17.2 Å². The third kappa shape index (κ3) is 4.53.